The summed E-state index contributed by atoms with van der Waals surface area (Å²) in [5.74, 6) is -1.83. The maximum absolute atomic E-state index is 13.1. The average Bonchev–Trinajstić information content (AvgIpc) is 2.76. The Morgan fingerprint density at radius 3 is 2.40 bits per heavy atom. The van der Waals surface area contributed by atoms with Gasteiger partial charge in [0.05, 0.1) is 33.4 Å². The number of halogens is 3. The van der Waals surface area contributed by atoms with Gasteiger partial charge in [0.2, 0.25) is 0 Å². The van der Waals surface area contributed by atoms with Crippen LogP contribution in [0.5, 0.6) is 0 Å². The van der Waals surface area contributed by atoms with Gasteiger partial charge in [0.1, 0.15) is 6.54 Å². The molecule has 0 saturated heterocycles. The minimum Gasteiger partial charge on any atom is -0.338 e. The van der Waals surface area contributed by atoms with Gasteiger partial charge in [-0.05, 0) is 23.8 Å². The van der Waals surface area contributed by atoms with E-state index in [2.05, 4.69) is 21.1 Å². The quantitative estimate of drug-likeness (QED) is 0.763. The second-order valence-corrected chi connectivity index (χ2v) is 7.37. The number of para-hydroxylation sites is 1. The van der Waals surface area contributed by atoms with E-state index in [-0.39, 0.29) is 6.54 Å². The van der Waals surface area contributed by atoms with Gasteiger partial charge >= 0.3 is 12.1 Å². The minimum absolute atomic E-state index is 0.0908. The highest BCUT2D eigenvalue weighted by Gasteiger charge is 2.44. The first kappa shape index (κ1) is 17.5. The fourth-order valence-electron chi connectivity index (χ4n) is 3.18. The van der Waals surface area contributed by atoms with E-state index in [0.717, 1.165) is 17.1 Å². The SMILES string of the molecule is C[N+](C)(C)Cc1ccc2n1Cc1ccccc1N(C(=O)C(F)(F)F)C2. The fourth-order valence-corrected chi connectivity index (χ4v) is 3.18. The first-order valence-electron chi connectivity index (χ1n) is 8.00. The zero-order valence-electron chi connectivity index (χ0n) is 14.5. The third-order valence-corrected chi connectivity index (χ3v) is 4.22. The molecule has 25 heavy (non-hydrogen) atoms. The molecule has 134 valence electrons. The summed E-state index contributed by atoms with van der Waals surface area (Å²) in [5.41, 5.74) is 2.78. The molecule has 1 aliphatic heterocycles. The molecule has 3 rings (SSSR count). The van der Waals surface area contributed by atoms with Crippen LogP contribution in [-0.2, 0) is 24.4 Å². The lowest BCUT2D eigenvalue weighted by atomic mass is 10.1. The van der Waals surface area contributed by atoms with E-state index in [0.29, 0.717) is 28.0 Å². The molecule has 0 radical (unpaired) electrons. The lowest BCUT2D eigenvalue weighted by Gasteiger charge is -2.25. The zero-order chi connectivity index (χ0) is 18.4. The Balaban J connectivity index is 2.08. The third-order valence-electron chi connectivity index (χ3n) is 4.22. The van der Waals surface area contributed by atoms with Crippen LogP contribution in [0.25, 0.3) is 0 Å². The molecule has 1 aromatic carbocycles. The molecule has 1 aromatic heterocycles. The van der Waals surface area contributed by atoms with E-state index in [1.807, 2.05) is 16.7 Å². The molecule has 2 aromatic rings. The molecular weight excluding hydrogens is 331 g/mol. The van der Waals surface area contributed by atoms with E-state index in [4.69, 9.17) is 0 Å². The van der Waals surface area contributed by atoms with Gasteiger partial charge in [0, 0.05) is 17.9 Å². The lowest BCUT2D eigenvalue weighted by molar-refractivity contribution is -0.884. The number of hydrogen-bond donors (Lipinski definition) is 0. The molecule has 0 fully saturated rings. The molecule has 0 atom stereocenters. The standard InChI is InChI=1S/C18H21F3N3O/c1-24(2,3)12-15-9-8-14-11-23(17(25)18(19,20)21)16-7-5-4-6-13(16)10-22(14)15/h4-9H,10-12H2,1-3H3/q+1. The largest absolute Gasteiger partial charge is 0.471 e. The first-order chi connectivity index (χ1) is 11.6. The number of anilines is 1. The van der Waals surface area contributed by atoms with Crippen molar-refractivity contribution in [1.82, 2.24) is 4.57 Å². The van der Waals surface area contributed by atoms with Gasteiger partial charge in [0.15, 0.2) is 0 Å². The lowest BCUT2D eigenvalue weighted by Crippen LogP contribution is -2.41. The number of amides is 1. The highest BCUT2D eigenvalue weighted by Crippen LogP contribution is 2.32. The Morgan fingerprint density at radius 2 is 1.76 bits per heavy atom. The molecule has 0 spiro atoms. The number of carbonyl (C=O) groups is 1. The number of fused-ring (bicyclic) bond motifs is 2. The number of aromatic nitrogens is 1. The number of carbonyl (C=O) groups excluding carboxylic acids is 1. The molecule has 0 N–H and O–H groups in total. The molecule has 2 heterocycles. The van der Waals surface area contributed by atoms with Gasteiger partial charge in [-0.15, -0.1) is 0 Å². The van der Waals surface area contributed by atoms with Crippen LogP contribution < -0.4 is 4.90 Å². The van der Waals surface area contributed by atoms with E-state index in [1.165, 1.54) is 0 Å². The highest BCUT2D eigenvalue weighted by molar-refractivity contribution is 5.98. The van der Waals surface area contributed by atoms with Gasteiger partial charge in [-0.3, -0.25) is 9.69 Å². The van der Waals surface area contributed by atoms with Crippen LogP contribution >= 0.6 is 0 Å². The summed E-state index contributed by atoms with van der Waals surface area (Å²) in [6.45, 7) is 1.11. The number of alkyl halides is 3. The number of rotatable bonds is 2. The molecule has 0 unspecified atom stereocenters. The predicted octanol–water partition coefficient (Wildman–Crippen LogP) is 3.15. The number of nitrogens with zero attached hydrogens (tertiary/aromatic N) is 3. The Kier molecular flexibility index (Phi) is 4.15. The van der Waals surface area contributed by atoms with Crippen LogP contribution in [0.2, 0.25) is 0 Å². The van der Waals surface area contributed by atoms with E-state index in [1.54, 1.807) is 24.3 Å². The van der Waals surface area contributed by atoms with Crippen molar-refractivity contribution in [2.24, 2.45) is 0 Å². The maximum Gasteiger partial charge on any atom is 0.471 e. The third kappa shape index (κ3) is 3.56. The summed E-state index contributed by atoms with van der Waals surface area (Å²) >= 11 is 0. The van der Waals surface area contributed by atoms with Crippen LogP contribution in [-0.4, -0.2) is 42.3 Å². The predicted molar refractivity (Wildman–Crippen MR) is 89.0 cm³/mol. The first-order valence-corrected chi connectivity index (χ1v) is 8.00. The van der Waals surface area contributed by atoms with Crippen molar-refractivity contribution in [3.63, 3.8) is 0 Å². The Bertz CT molecular complexity index is 803. The van der Waals surface area contributed by atoms with Crippen molar-refractivity contribution < 1.29 is 22.4 Å². The van der Waals surface area contributed by atoms with Crippen LogP contribution in [0.3, 0.4) is 0 Å². The summed E-state index contributed by atoms with van der Waals surface area (Å²) < 4.78 is 41.9. The van der Waals surface area contributed by atoms with E-state index in [9.17, 15) is 18.0 Å². The molecule has 1 aliphatic rings. The average molecular weight is 352 g/mol. The summed E-state index contributed by atoms with van der Waals surface area (Å²) in [7, 11) is 6.18. The van der Waals surface area contributed by atoms with Crippen molar-refractivity contribution >= 4 is 11.6 Å². The Morgan fingerprint density at radius 1 is 1.08 bits per heavy atom. The minimum atomic E-state index is -4.90. The van der Waals surface area contributed by atoms with Gasteiger partial charge in [-0.25, -0.2) is 0 Å². The molecule has 0 bridgehead atoms. The van der Waals surface area contributed by atoms with Crippen molar-refractivity contribution in [3.8, 4) is 0 Å². The molecule has 1 amide bonds. The molecule has 7 heteroatoms. The van der Waals surface area contributed by atoms with Crippen LogP contribution in [0.15, 0.2) is 36.4 Å². The summed E-state index contributed by atoms with van der Waals surface area (Å²) in [5, 5.41) is 0. The Labute approximate surface area is 144 Å². The fraction of sp³-hybridized carbons (Fsp3) is 0.389. The highest BCUT2D eigenvalue weighted by atomic mass is 19.4. The molecule has 0 saturated carbocycles. The van der Waals surface area contributed by atoms with Gasteiger partial charge in [-0.1, -0.05) is 18.2 Å². The van der Waals surface area contributed by atoms with Gasteiger partial charge < -0.3 is 9.05 Å². The van der Waals surface area contributed by atoms with Crippen molar-refractivity contribution in [2.45, 2.75) is 25.8 Å². The monoisotopic (exact) mass is 352 g/mol. The van der Waals surface area contributed by atoms with Crippen molar-refractivity contribution in [1.29, 1.82) is 0 Å². The summed E-state index contributed by atoms with van der Waals surface area (Å²) in [4.78, 5) is 12.8. The van der Waals surface area contributed by atoms with E-state index < -0.39 is 12.1 Å². The second kappa shape index (κ2) is 5.91. The van der Waals surface area contributed by atoms with Crippen LogP contribution in [0.1, 0.15) is 17.0 Å². The van der Waals surface area contributed by atoms with Gasteiger partial charge in [0.25, 0.3) is 0 Å². The topological polar surface area (TPSA) is 25.2 Å². The Hall–Kier alpha value is -2.28. The van der Waals surface area contributed by atoms with Crippen molar-refractivity contribution in [3.05, 3.63) is 53.3 Å². The van der Waals surface area contributed by atoms with Crippen LogP contribution in [0, 0.1) is 0 Å². The number of benzene rings is 1. The summed E-state index contributed by atoms with van der Waals surface area (Å²) in [6.07, 6.45) is -4.90. The number of hydrogen-bond acceptors (Lipinski definition) is 1. The molecule has 4 nitrogen and oxygen atoms in total. The maximum atomic E-state index is 13.1. The number of quaternary nitrogens is 1. The molecule has 0 aliphatic carbocycles. The van der Waals surface area contributed by atoms with Crippen LogP contribution in [0.4, 0.5) is 18.9 Å². The van der Waals surface area contributed by atoms with E-state index >= 15 is 0 Å². The zero-order valence-corrected chi connectivity index (χ0v) is 14.5. The normalized spacial score (nSPS) is 14.7. The van der Waals surface area contributed by atoms with Gasteiger partial charge in [-0.2, -0.15) is 13.2 Å². The van der Waals surface area contributed by atoms with Crippen molar-refractivity contribution in [2.75, 3.05) is 26.0 Å². The second-order valence-electron chi connectivity index (χ2n) is 7.37. The molecular formula is C18H21F3N3O+. The smallest absolute Gasteiger partial charge is 0.338 e. The summed E-state index contributed by atoms with van der Waals surface area (Å²) in [6, 6.07) is 10.5.